The van der Waals surface area contributed by atoms with E-state index in [0.717, 1.165) is 44.9 Å². The zero-order valence-corrected chi connectivity index (χ0v) is 18.5. The van der Waals surface area contributed by atoms with Gasteiger partial charge in [-0.1, -0.05) is 12.1 Å². The monoisotopic (exact) mass is 483 g/mol. The number of hydrogen-bond acceptors (Lipinski definition) is 2. The number of amides is 1. The molecule has 1 aliphatic heterocycles. The smallest absolute Gasteiger partial charge is 0.217 e. The van der Waals surface area contributed by atoms with Crippen molar-refractivity contribution in [2.75, 3.05) is 26.7 Å². The first-order valence-electron chi connectivity index (χ1n) is 9.37. The van der Waals surface area contributed by atoms with Gasteiger partial charge in [-0.05, 0) is 49.3 Å². The molecule has 4 N–H and O–H groups in total. The minimum Gasteiger partial charge on any atom is -0.370 e. The van der Waals surface area contributed by atoms with E-state index in [1.165, 1.54) is 22.0 Å². The summed E-state index contributed by atoms with van der Waals surface area (Å²) in [7, 11) is 1.81. The van der Waals surface area contributed by atoms with E-state index in [9.17, 15) is 4.79 Å². The van der Waals surface area contributed by atoms with Crippen LogP contribution in [0.3, 0.4) is 0 Å². The van der Waals surface area contributed by atoms with Crippen LogP contribution in [0.15, 0.2) is 29.4 Å². The Hall–Kier alpha value is -1.77. The van der Waals surface area contributed by atoms with Crippen LogP contribution in [-0.4, -0.2) is 48.4 Å². The van der Waals surface area contributed by atoms with Gasteiger partial charge in [-0.15, -0.1) is 24.0 Å². The number of nitrogens with zero attached hydrogens (tertiary/aromatic N) is 2. The molecule has 1 fully saturated rings. The Morgan fingerprint density at radius 1 is 1.44 bits per heavy atom. The maximum atomic E-state index is 11.2. The van der Waals surface area contributed by atoms with Gasteiger partial charge in [0.25, 0.3) is 0 Å². The summed E-state index contributed by atoms with van der Waals surface area (Å²) in [5, 5.41) is 4.76. The molecular weight excluding hydrogens is 453 g/mol. The van der Waals surface area contributed by atoms with Crippen molar-refractivity contribution >= 4 is 46.7 Å². The fourth-order valence-corrected chi connectivity index (χ4v) is 3.86. The molecular formula is C20H30IN5O. The number of aromatic nitrogens is 1. The third-order valence-corrected chi connectivity index (χ3v) is 5.12. The number of rotatable bonds is 5. The third kappa shape index (κ3) is 5.60. The molecule has 1 unspecified atom stereocenters. The highest BCUT2D eigenvalue weighted by molar-refractivity contribution is 14.0. The molecule has 1 aliphatic rings. The number of H-pyrrole nitrogens is 1. The maximum Gasteiger partial charge on any atom is 0.217 e. The van der Waals surface area contributed by atoms with E-state index in [1.807, 2.05) is 7.05 Å². The average Bonchev–Trinajstić information content (AvgIpc) is 3.00. The van der Waals surface area contributed by atoms with Crippen LogP contribution < -0.4 is 11.1 Å². The van der Waals surface area contributed by atoms with Gasteiger partial charge in [0.2, 0.25) is 5.91 Å². The van der Waals surface area contributed by atoms with Gasteiger partial charge < -0.3 is 20.9 Å². The number of primary amides is 1. The molecule has 148 valence electrons. The molecule has 0 aliphatic carbocycles. The lowest BCUT2D eigenvalue weighted by Gasteiger charge is -2.34. The summed E-state index contributed by atoms with van der Waals surface area (Å²) in [6.07, 6.45) is 5.62. The van der Waals surface area contributed by atoms with Crippen LogP contribution in [0, 0.1) is 12.8 Å². The number of carbonyl (C=O) groups excluding carboxylic acids is 1. The molecule has 6 nitrogen and oxygen atoms in total. The standard InChI is InChI=1S/C20H29N5O.HI/c1-14-5-6-17-16(12-24-18(17)10-14)7-8-23-20(22-2)25-9-3-4-15(13-25)11-19(21)26;/h5-6,10,12,15,24H,3-4,7-9,11,13H2,1-2H3,(H2,21,26)(H,22,23);1H. The molecule has 2 aromatic rings. The van der Waals surface area contributed by atoms with Crippen LogP contribution in [0.5, 0.6) is 0 Å². The van der Waals surface area contributed by atoms with Crippen LogP contribution in [0.1, 0.15) is 30.4 Å². The zero-order chi connectivity index (χ0) is 18.5. The Labute approximate surface area is 178 Å². The predicted octanol–water partition coefficient (Wildman–Crippen LogP) is 2.80. The number of halogens is 1. The van der Waals surface area contributed by atoms with Crippen molar-refractivity contribution in [3.05, 3.63) is 35.5 Å². The number of nitrogens with two attached hydrogens (primary N) is 1. The van der Waals surface area contributed by atoms with Crippen LogP contribution >= 0.6 is 24.0 Å². The van der Waals surface area contributed by atoms with Gasteiger partial charge in [-0.25, -0.2) is 0 Å². The number of aryl methyl sites for hydroxylation is 1. The molecule has 1 aromatic heterocycles. The van der Waals surface area contributed by atoms with E-state index in [0.29, 0.717) is 12.3 Å². The fourth-order valence-electron chi connectivity index (χ4n) is 3.86. The summed E-state index contributed by atoms with van der Waals surface area (Å²) in [5.41, 5.74) is 9.13. The minimum atomic E-state index is -0.214. The number of carbonyl (C=O) groups is 1. The molecule has 0 radical (unpaired) electrons. The largest absolute Gasteiger partial charge is 0.370 e. The predicted molar refractivity (Wildman–Crippen MR) is 122 cm³/mol. The minimum absolute atomic E-state index is 0. The van der Waals surface area contributed by atoms with Gasteiger partial charge in [0.05, 0.1) is 0 Å². The lowest BCUT2D eigenvalue weighted by molar-refractivity contribution is -0.119. The highest BCUT2D eigenvalue weighted by Crippen LogP contribution is 2.21. The lowest BCUT2D eigenvalue weighted by Crippen LogP contribution is -2.47. The summed E-state index contributed by atoms with van der Waals surface area (Å²) < 4.78 is 0. The molecule has 7 heteroatoms. The quantitative estimate of drug-likeness (QED) is 0.347. The maximum absolute atomic E-state index is 11.2. The first-order chi connectivity index (χ1) is 12.6. The summed E-state index contributed by atoms with van der Waals surface area (Å²) in [6.45, 7) is 4.75. The van der Waals surface area contributed by atoms with Crippen LogP contribution in [-0.2, 0) is 11.2 Å². The van der Waals surface area contributed by atoms with Gasteiger partial charge in [0, 0.05) is 50.2 Å². The molecule has 0 saturated carbocycles. The van der Waals surface area contributed by atoms with Gasteiger partial charge in [-0.2, -0.15) is 0 Å². The number of aromatic amines is 1. The van der Waals surface area contributed by atoms with Crippen molar-refractivity contribution in [1.82, 2.24) is 15.2 Å². The second kappa shape index (κ2) is 9.96. The Morgan fingerprint density at radius 2 is 2.26 bits per heavy atom. The molecule has 1 amide bonds. The summed E-state index contributed by atoms with van der Waals surface area (Å²) in [5.74, 6) is 1.03. The van der Waals surface area contributed by atoms with Crippen molar-refractivity contribution in [1.29, 1.82) is 0 Å². The molecule has 3 rings (SSSR count). The molecule has 1 aromatic carbocycles. The Bertz CT molecular complexity index is 801. The van der Waals surface area contributed by atoms with Crippen LogP contribution in [0.4, 0.5) is 0 Å². The fraction of sp³-hybridized carbons (Fsp3) is 0.500. The van der Waals surface area contributed by atoms with E-state index in [4.69, 9.17) is 5.73 Å². The molecule has 1 saturated heterocycles. The van der Waals surface area contributed by atoms with Crippen molar-refractivity contribution < 1.29 is 4.79 Å². The number of nitrogens with one attached hydrogen (secondary N) is 2. The zero-order valence-electron chi connectivity index (χ0n) is 16.1. The van der Waals surface area contributed by atoms with Crippen molar-refractivity contribution in [2.24, 2.45) is 16.6 Å². The number of guanidine groups is 1. The summed E-state index contributed by atoms with van der Waals surface area (Å²) in [4.78, 5) is 21.2. The normalized spacial score (nSPS) is 17.6. The molecule has 0 bridgehead atoms. The Kier molecular flexibility index (Phi) is 7.94. The summed E-state index contributed by atoms with van der Waals surface area (Å²) >= 11 is 0. The van der Waals surface area contributed by atoms with Gasteiger partial charge in [0.1, 0.15) is 0 Å². The second-order valence-corrected chi connectivity index (χ2v) is 7.21. The van der Waals surface area contributed by atoms with Gasteiger partial charge in [-0.3, -0.25) is 9.79 Å². The number of aliphatic imine (C=N–C) groups is 1. The van der Waals surface area contributed by atoms with Crippen molar-refractivity contribution in [3.8, 4) is 0 Å². The molecule has 27 heavy (non-hydrogen) atoms. The highest BCUT2D eigenvalue weighted by Gasteiger charge is 2.23. The Balaban J connectivity index is 0.00000261. The van der Waals surface area contributed by atoms with Crippen molar-refractivity contribution in [3.63, 3.8) is 0 Å². The number of hydrogen-bond donors (Lipinski definition) is 3. The van der Waals surface area contributed by atoms with Crippen LogP contribution in [0.2, 0.25) is 0 Å². The van der Waals surface area contributed by atoms with Gasteiger partial charge >= 0.3 is 0 Å². The molecule has 0 spiro atoms. The first-order valence-corrected chi connectivity index (χ1v) is 9.37. The van der Waals surface area contributed by atoms with E-state index in [-0.39, 0.29) is 29.9 Å². The van der Waals surface area contributed by atoms with Crippen LogP contribution in [0.25, 0.3) is 10.9 Å². The summed E-state index contributed by atoms with van der Waals surface area (Å²) in [6, 6.07) is 6.51. The van der Waals surface area contributed by atoms with E-state index < -0.39 is 0 Å². The topological polar surface area (TPSA) is 86.5 Å². The number of likely N-dealkylation sites (tertiary alicyclic amines) is 1. The van der Waals surface area contributed by atoms with E-state index in [2.05, 4.69) is 51.5 Å². The third-order valence-electron chi connectivity index (χ3n) is 5.12. The lowest BCUT2D eigenvalue weighted by atomic mass is 9.95. The van der Waals surface area contributed by atoms with Gasteiger partial charge in [0.15, 0.2) is 5.96 Å². The van der Waals surface area contributed by atoms with E-state index in [1.54, 1.807) is 0 Å². The average molecular weight is 483 g/mol. The first kappa shape index (κ1) is 21.5. The highest BCUT2D eigenvalue weighted by atomic mass is 127. The SMILES string of the molecule is CN=C(NCCc1c[nH]c2cc(C)ccc12)N1CCCC(CC(N)=O)C1.I. The number of piperidine rings is 1. The van der Waals surface area contributed by atoms with E-state index >= 15 is 0 Å². The number of fused-ring (bicyclic) bond motifs is 1. The molecule has 1 atom stereocenters. The molecule has 2 heterocycles. The second-order valence-electron chi connectivity index (χ2n) is 7.21. The number of benzene rings is 1. The Morgan fingerprint density at radius 3 is 3.00 bits per heavy atom. The van der Waals surface area contributed by atoms with Crippen molar-refractivity contribution in [2.45, 2.75) is 32.6 Å².